The van der Waals surface area contributed by atoms with Crippen molar-refractivity contribution in [1.29, 1.82) is 0 Å². The van der Waals surface area contributed by atoms with E-state index >= 15 is 0 Å². The van der Waals surface area contributed by atoms with Gasteiger partial charge in [-0.05, 0) is 37.8 Å². The standard InChI is InChI=1S/C15H27N3O2S/c1-5-15(6-2)7-8-18(12-15)21(19,20)14-9-13(10-16-3)17(4)11-14/h9,11,16H,5-8,10,12H2,1-4H3. The summed E-state index contributed by atoms with van der Waals surface area (Å²) in [5, 5.41) is 3.06. The van der Waals surface area contributed by atoms with E-state index in [0.717, 1.165) is 25.0 Å². The lowest BCUT2D eigenvalue weighted by molar-refractivity contribution is 0.279. The van der Waals surface area contributed by atoms with Gasteiger partial charge in [-0.2, -0.15) is 4.31 Å². The molecule has 0 spiro atoms. The number of hydrogen-bond acceptors (Lipinski definition) is 3. The molecule has 6 heteroatoms. The fraction of sp³-hybridized carbons (Fsp3) is 0.733. The maximum Gasteiger partial charge on any atom is 0.244 e. The normalized spacial score (nSPS) is 19.2. The predicted octanol–water partition coefficient (Wildman–Crippen LogP) is 1.95. The number of nitrogens with zero attached hydrogens (tertiary/aromatic N) is 2. The Labute approximate surface area is 128 Å². The molecule has 1 aromatic heterocycles. The van der Waals surface area contributed by atoms with E-state index in [4.69, 9.17) is 0 Å². The minimum Gasteiger partial charge on any atom is -0.352 e. The molecule has 5 nitrogen and oxygen atoms in total. The number of hydrogen-bond donors (Lipinski definition) is 1. The molecular weight excluding hydrogens is 286 g/mol. The van der Waals surface area contributed by atoms with Gasteiger partial charge >= 0.3 is 0 Å². The van der Waals surface area contributed by atoms with E-state index in [-0.39, 0.29) is 5.41 Å². The van der Waals surface area contributed by atoms with Crippen LogP contribution in [0.25, 0.3) is 0 Å². The van der Waals surface area contributed by atoms with Crippen molar-refractivity contribution in [2.24, 2.45) is 12.5 Å². The van der Waals surface area contributed by atoms with E-state index in [1.807, 2.05) is 18.7 Å². The van der Waals surface area contributed by atoms with Crippen LogP contribution in [0.4, 0.5) is 0 Å². The first-order chi connectivity index (χ1) is 9.88. The molecule has 1 aliphatic rings. The molecule has 0 bridgehead atoms. The fourth-order valence-electron chi connectivity index (χ4n) is 3.15. The molecule has 1 fully saturated rings. The molecule has 2 heterocycles. The van der Waals surface area contributed by atoms with Gasteiger partial charge in [0.2, 0.25) is 10.0 Å². The van der Waals surface area contributed by atoms with Crippen molar-refractivity contribution in [3.05, 3.63) is 18.0 Å². The van der Waals surface area contributed by atoms with E-state index in [2.05, 4.69) is 19.2 Å². The van der Waals surface area contributed by atoms with E-state index in [9.17, 15) is 8.42 Å². The van der Waals surface area contributed by atoms with Crippen LogP contribution in [0, 0.1) is 5.41 Å². The highest BCUT2D eigenvalue weighted by atomic mass is 32.2. The Hall–Kier alpha value is -0.850. The lowest BCUT2D eigenvalue weighted by Crippen LogP contribution is -2.31. The summed E-state index contributed by atoms with van der Waals surface area (Å²) in [6.07, 6.45) is 4.76. The van der Waals surface area contributed by atoms with Crippen LogP contribution in [-0.2, 0) is 23.6 Å². The molecule has 0 radical (unpaired) electrons. The summed E-state index contributed by atoms with van der Waals surface area (Å²) in [7, 11) is 0.381. The molecule has 0 amide bonds. The van der Waals surface area contributed by atoms with Crippen molar-refractivity contribution in [3.8, 4) is 0 Å². The van der Waals surface area contributed by atoms with Crippen molar-refractivity contribution in [2.45, 2.75) is 44.6 Å². The van der Waals surface area contributed by atoms with Gasteiger partial charge in [-0.15, -0.1) is 0 Å². The number of rotatable bonds is 6. The molecule has 21 heavy (non-hydrogen) atoms. The van der Waals surface area contributed by atoms with Crippen LogP contribution >= 0.6 is 0 Å². The molecule has 0 aromatic carbocycles. The summed E-state index contributed by atoms with van der Waals surface area (Å²) >= 11 is 0. The third-order valence-corrected chi connectivity index (χ3v) is 6.79. The molecule has 0 unspecified atom stereocenters. The monoisotopic (exact) mass is 313 g/mol. The molecular formula is C15H27N3O2S. The second kappa shape index (κ2) is 6.10. The Kier molecular flexibility index (Phi) is 4.80. The lowest BCUT2D eigenvalue weighted by atomic mass is 9.82. The van der Waals surface area contributed by atoms with Gasteiger partial charge in [-0.1, -0.05) is 13.8 Å². The zero-order valence-electron chi connectivity index (χ0n) is 13.5. The SMILES string of the molecule is CCC1(CC)CCN(S(=O)(=O)c2cc(CNC)n(C)c2)C1. The zero-order valence-corrected chi connectivity index (χ0v) is 14.3. The van der Waals surface area contributed by atoms with Gasteiger partial charge < -0.3 is 9.88 Å². The average molecular weight is 313 g/mol. The van der Waals surface area contributed by atoms with Crippen LogP contribution in [-0.4, -0.2) is 37.4 Å². The second-order valence-corrected chi connectivity index (χ2v) is 8.04. The number of sulfonamides is 1. The summed E-state index contributed by atoms with van der Waals surface area (Å²) in [5.74, 6) is 0. The average Bonchev–Trinajstić information content (AvgIpc) is 3.05. The largest absolute Gasteiger partial charge is 0.352 e. The number of nitrogens with one attached hydrogen (secondary N) is 1. The minimum atomic E-state index is -3.37. The molecule has 1 aromatic rings. The Morgan fingerprint density at radius 1 is 1.33 bits per heavy atom. The van der Waals surface area contributed by atoms with Crippen LogP contribution in [0.3, 0.4) is 0 Å². The first kappa shape index (κ1) is 16.5. The molecule has 1 aliphatic heterocycles. The molecule has 120 valence electrons. The Morgan fingerprint density at radius 2 is 2.00 bits per heavy atom. The highest BCUT2D eigenvalue weighted by molar-refractivity contribution is 7.89. The number of aromatic nitrogens is 1. The van der Waals surface area contributed by atoms with Crippen molar-refractivity contribution in [2.75, 3.05) is 20.1 Å². The van der Waals surface area contributed by atoms with Crippen LogP contribution < -0.4 is 5.32 Å². The van der Waals surface area contributed by atoms with Crippen LogP contribution in [0.1, 0.15) is 38.8 Å². The van der Waals surface area contributed by atoms with Gasteiger partial charge in [-0.25, -0.2) is 8.42 Å². The van der Waals surface area contributed by atoms with Gasteiger partial charge in [0.1, 0.15) is 4.90 Å². The first-order valence-electron chi connectivity index (χ1n) is 7.68. The van der Waals surface area contributed by atoms with Crippen LogP contribution in [0.15, 0.2) is 17.2 Å². The van der Waals surface area contributed by atoms with Crippen molar-refractivity contribution >= 4 is 10.0 Å². The van der Waals surface area contributed by atoms with Gasteiger partial charge in [0, 0.05) is 38.6 Å². The van der Waals surface area contributed by atoms with Crippen LogP contribution in [0.5, 0.6) is 0 Å². The molecule has 1 saturated heterocycles. The predicted molar refractivity (Wildman–Crippen MR) is 84.6 cm³/mol. The Morgan fingerprint density at radius 3 is 2.52 bits per heavy atom. The summed E-state index contributed by atoms with van der Waals surface area (Å²) < 4.78 is 29.2. The maximum absolute atomic E-state index is 12.8. The topological polar surface area (TPSA) is 54.3 Å². The highest BCUT2D eigenvalue weighted by Crippen LogP contribution is 2.39. The van der Waals surface area contributed by atoms with Gasteiger partial charge in [0.25, 0.3) is 0 Å². The third kappa shape index (κ3) is 3.03. The third-order valence-electron chi connectivity index (χ3n) is 4.98. The van der Waals surface area contributed by atoms with E-state index in [1.54, 1.807) is 16.6 Å². The fourth-order valence-corrected chi connectivity index (χ4v) is 4.80. The van der Waals surface area contributed by atoms with Crippen molar-refractivity contribution < 1.29 is 8.42 Å². The van der Waals surface area contributed by atoms with E-state index < -0.39 is 10.0 Å². The minimum absolute atomic E-state index is 0.162. The molecule has 0 atom stereocenters. The summed E-state index contributed by atoms with van der Waals surface area (Å²) in [5.41, 5.74) is 1.14. The zero-order chi connectivity index (χ0) is 15.7. The van der Waals surface area contributed by atoms with Crippen LogP contribution in [0.2, 0.25) is 0 Å². The van der Waals surface area contributed by atoms with Crippen molar-refractivity contribution in [3.63, 3.8) is 0 Å². The smallest absolute Gasteiger partial charge is 0.244 e. The van der Waals surface area contributed by atoms with Gasteiger partial charge in [0.05, 0.1) is 0 Å². The van der Waals surface area contributed by atoms with E-state index in [0.29, 0.717) is 24.5 Å². The van der Waals surface area contributed by atoms with E-state index in [1.165, 1.54) is 0 Å². The number of aryl methyl sites for hydroxylation is 1. The Bertz CT molecular complexity index is 588. The quantitative estimate of drug-likeness (QED) is 0.873. The summed E-state index contributed by atoms with van der Waals surface area (Å²) in [6.45, 7) is 6.28. The second-order valence-electron chi connectivity index (χ2n) is 6.10. The van der Waals surface area contributed by atoms with Gasteiger partial charge in [0.15, 0.2) is 0 Å². The highest BCUT2D eigenvalue weighted by Gasteiger charge is 2.40. The summed E-state index contributed by atoms with van der Waals surface area (Å²) in [4.78, 5) is 0.415. The first-order valence-corrected chi connectivity index (χ1v) is 9.12. The van der Waals surface area contributed by atoms with Crippen molar-refractivity contribution in [1.82, 2.24) is 14.2 Å². The lowest BCUT2D eigenvalue weighted by Gasteiger charge is -2.26. The molecule has 0 saturated carbocycles. The molecule has 2 rings (SSSR count). The summed E-state index contributed by atoms with van der Waals surface area (Å²) in [6, 6.07) is 1.78. The maximum atomic E-state index is 12.8. The van der Waals surface area contributed by atoms with Gasteiger partial charge in [-0.3, -0.25) is 0 Å². The molecule has 0 aliphatic carbocycles. The Balaban J connectivity index is 2.25. The molecule has 1 N–H and O–H groups in total.